The Hall–Kier alpha value is -8.04. The van der Waals surface area contributed by atoms with E-state index in [1.165, 1.54) is 38.4 Å². The van der Waals surface area contributed by atoms with Gasteiger partial charge in [-0.05, 0) is 132 Å². The molecule has 0 heterocycles. The Kier molecular flexibility index (Phi) is 25.1. The quantitative estimate of drug-likeness (QED) is 0.0152. The number of alkyl carbamates (subject to hydrolysis) is 1. The second-order valence-electron chi connectivity index (χ2n) is 21.1. The van der Waals surface area contributed by atoms with Gasteiger partial charge >= 0.3 is 24.2 Å². The highest BCUT2D eigenvalue weighted by Crippen LogP contribution is 2.46. The number of nitrogens with zero attached hydrogens (tertiary/aromatic N) is 1. The molecule has 2 aliphatic carbocycles. The van der Waals surface area contributed by atoms with Crippen LogP contribution in [0.5, 0.6) is 0 Å². The van der Waals surface area contributed by atoms with Gasteiger partial charge in [0.15, 0.2) is 0 Å². The highest BCUT2D eigenvalue weighted by atomic mass is 19.1. The normalized spacial score (nSPS) is 15.1. The van der Waals surface area contributed by atoms with Crippen LogP contribution >= 0.6 is 0 Å². The Morgan fingerprint density at radius 1 is 0.561 bits per heavy atom. The number of rotatable bonds is 28. The molecule has 82 heavy (non-hydrogen) atoms. The Bertz CT molecular complexity index is 2760. The van der Waals surface area contributed by atoms with Gasteiger partial charge in [-0.3, -0.25) is 24.1 Å². The fourth-order valence-corrected chi connectivity index (χ4v) is 10.1. The standard InChI is InChI=1S/2C30H38F2N4O5/c1-20(21-10-4-3-5-11-21)35-27(38)26(37)25(14-6-7-17-34-28(39)33-2)36-29(40)41-19-30(15-9-16-30)18-22-23(31)12-8-13-24(22)32;1-20(21-10-4-3-5-11-21)35-27(38)26(37)25(14-6-7-17-34-28(39)33-2)36(29(40)41)19-30(15-9-16-30)18-22-23(31)12-8-13-24(22)32/h3-5,8,10-13,20,25H,6-7,9,14-19H2,1-2H3,(H,35,38)(H,36,40)(H2,33,34,39);3-5,8,10-13,20,25H,6-7,9,14-19H2,1-2H3,(H,35,38)(H,40,41)(H2,33,34,39)/t20-,25+;20-,25?/m11/s1. The van der Waals surface area contributed by atoms with Gasteiger partial charge in [0.2, 0.25) is 11.6 Å². The van der Waals surface area contributed by atoms with E-state index in [1.54, 1.807) is 38.1 Å². The number of carbonyl (C=O) groups is 8. The van der Waals surface area contributed by atoms with Gasteiger partial charge in [0.25, 0.3) is 11.8 Å². The SMILES string of the molecule is CNC(=O)NCCCCC(C(=O)C(=O)N[C@H](C)c1ccccc1)N(CC1(Cc2c(F)cccc2F)CCC1)C(=O)O.CNC(=O)NCCCC[C@H](NC(=O)OCC1(Cc2c(F)cccc2F)CCC1)C(=O)C(=O)N[C@H](C)c1ccccc1. The lowest BCUT2D eigenvalue weighted by Gasteiger charge is -2.46. The summed E-state index contributed by atoms with van der Waals surface area (Å²) < 4.78 is 62.9. The zero-order valence-corrected chi connectivity index (χ0v) is 46.9. The third-order valence-corrected chi connectivity index (χ3v) is 15.2. The first-order chi connectivity index (χ1) is 39.2. The molecule has 444 valence electrons. The van der Waals surface area contributed by atoms with Crippen molar-refractivity contribution in [2.24, 2.45) is 10.8 Å². The van der Waals surface area contributed by atoms with E-state index in [9.17, 15) is 61.0 Å². The van der Waals surface area contributed by atoms with Gasteiger partial charge in [0.05, 0.1) is 18.7 Å². The van der Waals surface area contributed by atoms with Crippen LogP contribution in [0.4, 0.5) is 36.7 Å². The molecule has 0 aromatic heterocycles. The number of hydrogen-bond donors (Lipinski definition) is 8. The zero-order valence-electron chi connectivity index (χ0n) is 46.9. The van der Waals surface area contributed by atoms with Gasteiger partial charge in [-0.2, -0.15) is 0 Å². The molecule has 2 saturated carbocycles. The van der Waals surface area contributed by atoms with Gasteiger partial charge in [0, 0.05) is 50.3 Å². The number of benzene rings is 4. The highest BCUT2D eigenvalue weighted by molar-refractivity contribution is 6.39. The van der Waals surface area contributed by atoms with Crippen molar-refractivity contribution < 1.29 is 65.8 Å². The molecule has 0 radical (unpaired) electrons. The van der Waals surface area contributed by atoms with Crippen LogP contribution in [0.1, 0.15) is 125 Å². The maximum Gasteiger partial charge on any atom is 0.407 e. The summed E-state index contributed by atoms with van der Waals surface area (Å²) in [5.41, 5.74) is 0.0624. The number of amides is 8. The van der Waals surface area contributed by atoms with E-state index in [0.29, 0.717) is 64.5 Å². The van der Waals surface area contributed by atoms with Crippen molar-refractivity contribution in [2.45, 2.75) is 128 Å². The third kappa shape index (κ3) is 19.3. The van der Waals surface area contributed by atoms with Gasteiger partial charge in [-0.25, -0.2) is 36.7 Å². The van der Waals surface area contributed by atoms with Gasteiger partial charge in [-0.1, -0.05) is 85.6 Å². The first kappa shape index (κ1) is 64.8. The van der Waals surface area contributed by atoms with E-state index in [0.717, 1.165) is 41.0 Å². The number of hydrogen-bond acceptors (Lipinski definition) is 9. The van der Waals surface area contributed by atoms with Crippen molar-refractivity contribution in [1.82, 2.24) is 42.1 Å². The summed E-state index contributed by atoms with van der Waals surface area (Å²) in [5, 5.41) is 28.2. The lowest BCUT2D eigenvalue weighted by Crippen LogP contribution is -2.55. The number of unbranched alkanes of at least 4 members (excludes halogenated alkanes) is 2. The smallest absolute Gasteiger partial charge is 0.407 e. The summed E-state index contributed by atoms with van der Waals surface area (Å²) in [6, 6.07) is 21.4. The van der Waals surface area contributed by atoms with Crippen molar-refractivity contribution in [3.63, 3.8) is 0 Å². The van der Waals surface area contributed by atoms with Crippen LogP contribution in [0.2, 0.25) is 0 Å². The lowest BCUT2D eigenvalue weighted by atomic mass is 9.64. The van der Waals surface area contributed by atoms with Crippen molar-refractivity contribution in [1.29, 1.82) is 0 Å². The van der Waals surface area contributed by atoms with Crippen LogP contribution in [0.15, 0.2) is 97.1 Å². The minimum atomic E-state index is -1.39. The molecule has 18 nitrogen and oxygen atoms in total. The summed E-state index contributed by atoms with van der Waals surface area (Å²) in [5.74, 6) is -6.19. The van der Waals surface area contributed by atoms with Crippen molar-refractivity contribution in [3.05, 3.63) is 143 Å². The molecule has 0 aliphatic heterocycles. The summed E-state index contributed by atoms with van der Waals surface area (Å²) in [6.45, 7) is 3.88. The number of ether oxygens (including phenoxy) is 1. The van der Waals surface area contributed by atoms with Gasteiger partial charge in [0.1, 0.15) is 35.4 Å². The lowest BCUT2D eigenvalue weighted by molar-refractivity contribution is -0.141. The monoisotopic (exact) mass is 1140 g/mol. The Labute approximate surface area is 475 Å². The zero-order chi connectivity index (χ0) is 59.8. The molecule has 0 spiro atoms. The summed E-state index contributed by atoms with van der Waals surface area (Å²) in [6.07, 6.45) is 3.59. The molecule has 6 rings (SSSR count). The van der Waals surface area contributed by atoms with Crippen LogP contribution in [-0.4, -0.2) is 110 Å². The van der Waals surface area contributed by atoms with Gasteiger partial charge in [-0.15, -0.1) is 0 Å². The summed E-state index contributed by atoms with van der Waals surface area (Å²) >= 11 is 0. The predicted molar refractivity (Wildman–Crippen MR) is 298 cm³/mol. The topological polar surface area (TPSA) is 253 Å². The number of nitrogens with one attached hydrogen (secondary N) is 7. The molecule has 22 heteroatoms. The van der Waals surface area contributed by atoms with E-state index >= 15 is 0 Å². The average Bonchev–Trinajstić information content (AvgIpc) is 3.50. The number of Topliss-reactive ketones (excluding diaryl/α,β-unsaturated/α-hetero) is 2. The molecule has 8 amide bonds. The summed E-state index contributed by atoms with van der Waals surface area (Å²) in [4.78, 5) is 102. The van der Waals surface area contributed by atoms with E-state index in [2.05, 4.69) is 37.2 Å². The number of carbonyl (C=O) groups excluding carboxylic acids is 7. The van der Waals surface area contributed by atoms with Gasteiger partial charge < -0.3 is 47.1 Å². The number of urea groups is 2. The summed E-state index contributed by atoms with van der Waals surface area (Å²) in [7, 11) is 2.97. The van der Waals surface area contributed by atoms with Crippen LogP contribution < -0.4 is 37.2 Å². The minimum Gasteiger partial charge on any atom is -0.465 e. The van der Waals surface area contributed by atoms with E-state index < -0.39 is 93.8 Å². The molecular weight excluding hydrogens is 1070 g/mol. The highest BCUT2D eigenvalue weighted by Gasteiger charge is 2.45. The predicted octanol–water partition coefficient (Wildman–Crippen LogP) is 8.89. The molecule has 2 aliphatic rings. The third-order valence-electron chi connectivity index (χ3n) is 15.2. The van der Waals surface area contributed by atoms with Crippen LogP contribution in [0.25, 0.3) is 0 Å². The maximum absolute atomic E-state index is 14.5. The largest absolute Gasteiger partial charge is 0.465 e. The van der Waals surface area contributed by atoms with Crippen LogP contribution in [0.3, 0.4) is 0 Å². The van der Waals surface area contributed by atoms with Crippen LogP contribution in [-0.2, 0) is 36.8 Å². The van der Waals surface area contributed by atoms with Crippen molar-refractivity contribution in [3.8, 4) is 0 Å². The molecule has 0 saturated heterocycles. The Morgan fingerprint density at radius 2 is 0.988 bits per heavy atom. The maximum atomic E-state index is 14.5. The Morgan fingerprint density at radius 3 is 1.40 bits per heavy atom. The molecule has 4 atom stereocenters. The number of halogens is 4. The fraction of sp³-hybridized carbons (Fsp3) is 0.467. The van der Waals surface area contributed by atoms with Crippen LogP contribution in [0, 0.1) is 34.1 Å². The molecule has 4 aromatic rings. The fourth-order valence-electron chi connectivity index (χ4n) is 10.1. The van der Waals surface area contributed by atoms with Crippen molar-refractivity contribution in [2.75, 3.05) is 40.3 Å². The first-order valence-corrected chi connectivity index (χ1v) is 27.7. The molecule has 0 bridgehead atoms. The first-order valence-electron chi connectivity index (χ1n) is 27.7. The van der Waals surface area contributed by atoms with E-state index in [4.69, 9.17) is 4.74 Å². The molecule has 2 fully saturated rings. The molecular formula is C60H76F4N8O10. The molecule has 4 aromatic carbocycles. The van der Waals surface area contributed by atoms with Crippen molar-refractivity contribution >= 4 is 47.6 Å². The number of carboxylic acid groups (broad SMARTS) is 1. The Balaban J connectivity index is 0.000000301. The van der Waals surface area contributed by atoms with E-state index in [1.807, 2.05) is 36.4 Å². The second-order valence-corrected chi connectivity index (χ2v) is 21.1. The second kappa shape index (κ2) is 31.8. The molecule has 1 unspecified atom stereocenters. The minimum absolute atomic E-state index is 0.0243. The average molecular weight is 1150 g/mol. The number of ketones is 2. The van der Waals surface area contributed by atoms with E-state index in [-0.39, 0.29) is 62.0 Å². The molecule has 8 N–H and O–H groups in total.